The van der Waals surface area contributed by atoms with Crippen LogP contribution in [0.3, 0.4) is 0 Å². The summed E-state index contributed by atoms with van der Waals surface area (Å²) in [7, 11) is 1.35. The van der Waals surface area contributed by atoms with Crippen molar-refractivity contribution in [3.05, 3.63) is 29.3 Å². The topological polar surface area (TPSA) is 58.6 Å². The molecular weight excluding hydrogens is 304 g/mol. The van der Waals surface area contributed by atoms with Crippen LogP contribution in [0, 0.1) is 5.92 Å². The second-order valence-electron chi connectivity index (χ2n) is 5.27. The minimum absolute atomic E-state index is 0.00582. The zero-order chi connectivity index (χ0) is 16.7. The molecule has 2 atom stereocenters. The molecule has 5 nitrogen and oxygen atoms in total. The van der Waals surface area contributed by atoms with E-state index in [1.165, 1.54) is 7.11 Å². The summed E-state index contributed by atoms with van der Waals surface area (Å²) in [5.74, 6) is -0.715. The van der Waals surface area contributed by atoms with Gasteiger partial charge in [-0.25, -0.2) is 4.79 Å². The van der Waals surface area contributed by atoms with Crippen LogP contribution in [-0.2, 0) is 9.53 Å². The van der Waals surface area contributed by atoms with E-state index in [1.54, 1.807) is 36.1 Å². The van der Waals surface area contributed by atoms with Crippen LogP contribution in [0.5, 0.6) is 0 Å². The second kappa shape index (κ2) is 8.63. The average molecular weight is 327 g/mol. The van der Waals surface area contributed by atoms with Gasteiger partial charge in [-0.15, -0.1) is 0 Å². The molecule has 1 N–H and O–H groups in total. The molecule has 1 aromatic rings. The number of rotatable bonds is 6. The van der Waals surface area contributed by atoms with E-state index in [1.807, 2.05) is 13.8 Å². The van der Waals surface area contributed by atoms with E-state index in [-0.39, 0.29) is 24.0 Å². The van der Waals surface area contributed by atoms with Crippen molar-refractivity contribution in [2.75, 3.05) is 19.0 Å². The first kappa shape index (κ1) is 18.3. The lowest BCUT2D eigenvalue weighted by atomic mass is 10.1. The van der Waals surface area contributed by atoms with E-state index in [4.69, 9.17) is 16.3 Å². The van der Waals surface area contributed by atoms with Crippen LogP contribution in [0.15, 0.2) is 24.3 Å². The lowest BCUT2D eigenvalue weighted by Gasteiger charge is -2.30. The van der Waals surface area contributed by atoms with Crippen LogP contribution in [0.4, 0.5) is 10.5 Å². The maximum atomic E-state index is 12.5. The fourth-order valence-corrected chi connectivity index (χ4v) is 2.21. The van der Waals surface area contributed by atoms with Crippen LogP contribution >= 0.6 is 11.6 Å². The molecule has 0 bridgehead atoms. The lowest BCUT2D eigenvalue weighted by molar-refractivity contribution is -0.145. The molecule has 0 fully saturated rings. The Bertz CT molecular complexity index is 522. The molecule has 1 aromatic carbocycles. The van der Waals surface area contributed by atoms with E-state index in [2.05, 4.69) is 5.32 Å². The Morgan fingerprint density at radius 1 is 1.36 bits per heavy atom. The van der Waals surface area contributed by atoms with E-state index >= 15 is 0 Å². The van der Waals surface area contributed by atoms with Crippen molar-refractivity contribution in [1.29, 1.82) is 0 Å². The number of anilines is 1. The molecule has 0 aliphatic heterocycles. The minimum Gasteiger partial charge on any atom is -0.469 e. The van der Waals surface area contributed by atoms with E-state index in [0.717, 1.165) is 6.42 Å². The zero-order valence-corrected chi connectivity index (χ0v) is 14.2. The first-order valence-electron chi connectivity index (χ1n) is 7.30. The number of halogens is 1. The van der Waals surface area contributed by atoms with E-state index in [9.17, 15) is 9.59 Å². The number of urea groups is 1. The highest BCUT2D eigenvalue weighted by Gasteiger charge is 2.24. The van der Waals surface area contributed by atoms with Crippen molar-refractivity contribution in [3.8, 4) is 0 Å². The molecule has 0 spiro atoms. The summed E-state index contributed by atoms with van der Waals surface area (Å²) in [5.41, 5.74) is 0.622. The smallest absolute Gasteiger partial charge is 0.322 e. The predicted molar refractivity (Wildman–Crippen MR) is 88.1 cm³/mol. The van der Waals surface area contributed by atoms with E-state index < -0.39 is 0 Å². The maximum Gasteiger partial charge on any atom is 0.322 e. The Morgan fingerprint density at radius 2 is 2.05 bits per heavy atom. The summed E-state index contributed by atoms with van der Waals surface area (Å²) >= 11 is 5.92. The maximum absolute atomic E-state index is 12.5. The van der Waals surface area contributed by atoms with Gasteiger partial charge in [0.1, 0.15) is 0 Å². The van der Waals surface area contributed by atoms with Gasteiger partial charge in [0.2, 0.25) is 0 Å². The summed E-state index contributed by atoms with van der Waals surface area (Å²) in [4.78, 5) is 25.7. The number of benzene rings is 1. The van der Waals surface area contributed by atoms with Crippen LogP contribution in [0.25, 0.3) is 0 Å². The molecule has 2 amide bonds. The van der Waals surface area contributed by atoms with Crippen LogP contribution in [-0.4, -0.2) is 36.6 Å². The number of methoxy groups -OCH3 is 1. The summed E-state index contributed by atoms with van der Waals surface area (Å²) in [6.07, 6.45) is 0.789. The van der Waals surface area contributed by atoms with Gasteiger partial charge in [0.15, 0.2) is 0 Å². The Hall–Kier alpha value is -1.75. The second-order valence-corrected chi connectivity index (χ2v) is 5.71. The van der Waals surface area contributed by atoms with Gasteiger partial charge >= 0.3 is 12.0 Å². The van der Waals surface area contributed by atoms with Gasteiger partial charge in [-0.3, -0.25) is 4.79 Å². The normalized spacial score (nSPS) is 13.1. The van der Waals surface area contributed by atoms with Gasteiger partial charge < -0.3 is 15.0 Å². The number of esters is 1. The highest BCUT2D eigenvalue weighted by Crippen LogP contribution is 2.17. The number of nitrogens with one attached hydrogen (secondary N) is 1. The molecule has 0 saturated heterocycles. The molecule has 1 rings (SSSR count). The SMILES string of the molecule is CCC(C)N(CC(C)C(=O)OC)C(=O)Nc1cccc(Cl)c1. The first-order chi connectivity index (χ1) is 10.4. The van der Waals surface area contributed by atoms with Crippen molar-refractivity contribution >= 4 is 29.3 Å². The third-order valence-corrected chi connectivity index (χ3v) is 3.77. The Labute approximate surface area is 136 Å². The summed E-state index contributed by atoms with van der Waals surface area (Å²) in [5, 5.41) is 3.36. The van der Waals surface area contributed by atoms with Crippen molar-refractivity contribution in [1.82, 2.24) is 4.90 Å². The van der Waals surface area contributed by atoms with Gasteiger partial charge in [0.05, 0.1) is 13.0 Å². The van der Waals surface area contributed by atoms with Crippen molar-refractivity contribution in [2.45, 2.75) is 33.2 Å². The molecule has 0 aliphatic rings. The van der Waals surface area contributed by atoms with E-state index in [0.29, 0.717) is 17.3 Å². The molecule has 0 heterocycles. The number of carbonyl (C=O) groups excluding carboxylic acids is 2. The van der Waals surface area contributed by atoms with Gasteiger partial charge in [0.25, 0.3) is 0 Å². The molecule has 122 valence electrons. The molecule has 0 aliphatic carbocycles. The number of carbonyl (C=O) groups is 2. The number of hydrogen-bond acceptors (Lipinski definition) is 3. The molecule has 0 radical (unpaired) electrons. The van der Waals surface area contributed by atoms with Crippen molar-refractivity contribution in [2.24, 2.45) is 5.92 Å². The predicted octanol–water partition coefficient (Wildman–Crippen LogP) is 3.78. The average Bonchev–Trinajstić information content (AvgIpc) is 2.50. The quantitative estimate of drug-likeness (QED) is 0.809. The Kier molecular flexibility index (Phi) is 7.18. The third-order valence-electron chi connectivity index (χ3n) is 3.53. The van der Waals surface area contributed by atoms with Crippen LogP contribution in [0.2, 0.25) is 5.02 Å². The van der Waals surface area contributed by atoms with Crippen LogP contribution < -0.4 is 5.32 Å². The molecule has 0 saturated carbocycles. The molecule has 22 heavy (non-hydrogen) atoms. The van der Waals surface area contributed by atoms with Crippen molar-refractivity contribution in [3.63, 3.8) is 0 Å². The summed E-state index contributed by atoms with van der Waals surface area (Å²) < 4.78 is 4.73. The third kappa shape index (κ3) is 5.22. The highest BCUT2D eigenvalue weighted by atomic mass is 35.5. The zero-order valence-electron chi connectivity index (χ0n) is 13.4. The van der Waals surface area contributed by atoms with Gasteiger partial charge in [-0.1, -0.05) is 31.5 Å². The number of nitrogens with zero attached hydrogens (tertiary/aromatic N) is 1. The van der Waals surface area contributed by atoms with Crippen molar-refractivity contribution < 1.29 is 14.3 Å². The minimum atomic E-state index is -0.385. The van der Waals surface area contributed by atoms with Gasteiger partial charge in [-0.05, 0) is 31.5 Å². The monoisotopic (exact) mass is 326 g/mol. The van der Waals surface area contributed by atoms with Crippen LogP contribution in [0.1, 0.15) is 27.2 Å². The van der Waals surface area contributed by atoms with Gasteiger partial charge in [-0.2, -0.15) is 0 Å². The fraction of sp³-hybridized carbons (Fsp3) is 0.500. The fourth-order valence-electron chi connectivity index (χ4n) is 2.02. The lowest BCUT2D eigenvalue weighted by Crippen LogP contribution is -2.45. The molecule has 0 aromatic heterocycles. The summed E-state index contributed by atoms with van der Waals surface area (Å²) in [6, 6.07) is 6.70. The summed E-state index contributed by atoms with van der Waals surface area (Å²) in [6.45, 7) is 5.98. The Morgan fingerprint density at radius 3 is 2.59 bits per heavy atom. The first-order valence-corrected chi connectivity index (χ1v) is 7.67. The number of hydrogen-bond donors (Lipinski definition) is 1. The standard InChI is InChI=1S/C16H23ClN2O3/c1-5-12(3)19(10-11(2)15(20)22-4)16(21)18-14-8-6-7-13(17)9-14/h6-9,11-12H,5,10H2,1-4H3,(H,18,21). The molecule has 6 heteroatoms. The number of amides is 2. The highest BCUT2D eigenvalue weighted by molar-refractivity contribution is 6.30. The Balaban J connectivity index is 2.82. The number of ether oxygens (including phenoxy) is 1. The molecular formula is C16H23ClN2O3. The molecule has 2 unspecified atom stereocenters. The largest absolute Gasteiger partial charge is 0.469 e. The van der Waals surface area contributed by atoms with Gasteiger partial charge in [0, 0.05) is 23.3 Å².